The third-order valence-electron chi connectivity index (χ3n) is 4.87. The molecule has 1 aliphatic carbocycles. The van der Waals surface area contributed by atoms with E-state index < -0.39 is 11.4 Å². The van der Waals surface area contributed by atoms with Crippen LogP contribution in [0.4, 0.5) is 4.79 Å². The minimum absolute atomic E-state index is 0.129. The standard InChI is InChI=1S/C15H26N2O4/c1-3-6-15(13(18)19)7-8-17(10-15)14(20)16-11-4-5-12(9-11)21-2/h11-12H,3-10H2,1-2H3,(H,16,20)(H,18,19). The molecule has 6 heteroatoms. The Labute approximate surface area is 125 Å². The van der Waals surface area contributed by atoms with Crippen LogP contribution in [0.3, 0.4) is 0 Å². The van der Waals surface area contributed by atoms with Gasteiger partial charge in [-0.25, -0.2) is 4.79 Å². The van der Waals surface area contributed by atoms with Gasteiger partial charge in [0.1, 0.15) is 0 Å². The molecule has 1 heterocycles. The maximum atomic E-state index is 12.3. The summed E-state index contributed by atoms with van der Waals surface area (Å²) in [5.74, 6) is -0.778. The Hall–Kier alpha value is -1.30. The van der Waals surface area contributed by atoms with Crippen LogP contribution in [0.1, 0.15) is 45.4 Å². The Balaban J connectivity index is 1.88. The van der Waals surface area contributed by atoms with Gasteiger partial charge in [-0.05, 0) is 32.1 Å². The summed E-state index contributed by atoms with van der Waals surface area (Å²) in [5, 5.41) is 12.5. The number of methoxy groups -OCH3 is 1. The van der Waals surface area contributed by atoms with Gasteiger partial charge in [0.25, 0.3) is 0 Å². The number of ether oxygens (including phenoxy) is 1. The van der Waals surface area contributed by atoms with E-state index in [1.54, 1.807) is 12.0 Å². The van der Waals surface area contributed by atoms with Gasteiger partial charge in [-0.15, -0.1) is 0 Å². The molecule has 2 rings (SSSR count). The number of hydrogen-bond acceptors (Lipinski definition) is 3. The molecule has 0 spiro atoms. The Morgan fingerprint density at radius 2 is 2.19 bits per heavy atom. The fourth-order valence-corrected chi connectivity index (χ4v) is 3.56. The van der Waals surface area contributed by atoms with Gasteiger partial charge in [0.15, 0.2) is 0 Å². The van der Waals surface area contributed by atoms with Crippen molar-refractivity contribution in [2.24, 2.45) is 5.41 Å². The number of aliphatic carboxylic acids is 1. The van der Waals surface area contributed by atoms with Gasteiger partial charge in [-0.2, -0.15) is 0 Å². The lowest BCUT2D eigenvalue weighted by atomic mass is 9.83. The van der Waals surface area contributed by atoms with Crippen LogP contribution in [-0.2, 0) is 9.53 Å². The molecule has 1 aliphatic heterocycles. The molecule has 0 bridgehead atoms. The summed E-state index contributed by atoms with van der Waals surface area (Å²) in [6.45, 7) is 2.83. The molecule has 0 aromatic heterocycles. The number of nitrogens with zero attached hydrogens (tertiary/aromatic N) is 1. The molecule has 3 unspecified atom stereocenters. The Bertz CT molecular complexity index is 401. The molecule has 21 heavy (non-hydrogen) atoms. The predicted octanol–water partition coefficient (Wildman–Crippen LogP) is 1.84. The average Bonchev–Trinajstić information content (AvgIpc) is 3.06. The van der Waals surface area contributed by atoms with Crippen molar-refractivity contribution in [3.63, 3.8) is 0 Å². The largest absolute Gasteiger partial charge is 0.481 e. The van der Waals surface area contributed by atoms with Crippen LogP contribution in [0.2, 0.25) is 0 Å². The zero-order chi connectivity index (χ0) is 15.5. The highest BCUT2D eigenvalue weighted by Gasteiger charge is 2.45. The van der Waals surface area contributed by atoms with E-state index in [1.165, 1.54) is 0 Å². The molecule has 1 saturated carbocycles. The number of urea groups is 1. The summed E-state index contributed by atoms with van der Waals surface area (Å²) in [6.07, 6.45) is 4.96. The lowest BCUT2D eigenvalue weighted by Crippen LogP contribution is -2.45. The zero-order valence-electron chi connectivity index (χ0n) is 12.9. The third-order valence-corrected chi connectivity index (χ3v) is 4.87. The summed E-state index contributed by atoms with van der Waals surface area (Å²) >= 11 is 0. The van der Waals surface area contributed by atoms with Gasteiger partial charge < -0.3 is 20.1 Å². The minimum Gasteiger partial charge on any atom is -0.481 e. The first-order valence-corrected chi connectivity index (χ1v) is 7.82. The van der Waals surface area contributed by atoms with Crippen molar-refractivity contribution < 1.29 is 19.4 Å². The highest BCUT2D eigenvalue weighted by atomic mass is 16.5. The molecular weight excluding hydrogens is 272 g/mol. The maximum Gasteiger partial charge on any atom is 0.317 e. The number of amides is 2. The van der Waals surface area contributed by atoms with Crippen molar-refractivity contribution in [2.45, 2.75) is 57.6 Å². The van der Waals surface area contributed by atoms with Gasteiger partial charge in [-0.3, -0.25) is 4.79 Å². The number of carbonyl (C=O) groups excluding carboxylic acids is 1. The Morgan fingerprint density at radius 1 is 1.43 bits per heavy atom. The van der Waals surface area contributed by atoms with Crippen LogP contribution < -0.4 is 5.32 Å². The summed E-state index contributed by atoms with van der Waals surface area (Å²) in [4.78, 5) is 25.5. The van der Waals surface area contributed by atoms with Gasteiger partial charge in [0.05, 0.1) is 11.5 Å². The van der Waals surface area contributed by atoms with Crippen LogP contribution in [0.5, 0.6) is 0 Å². The number of likely N-dealkylation sites (tertiary alicyclic amines) is 1. The molecule has 2 N–H and O–H groups in total. The second-order valence-corrected chi connectivity index (χ2v) is 6.32. The molecule has 0 aromatic carbocycles. The van der Waals surface area contributed by atoms with Crippen LogP contribution in [-0.4, -0.2) is 54.4 Å². The Kier molecular flexibility index (Phi) is 5.08. The minimum atomic E-state index is -0.778. The molecular formula is C15H26N2O4. The van der Waals surface area contributed by atoms with Crippen molar-refractivity contribution in [2.75, 3.05) is 20.2 Å². The SMILES string of the molecule is CCCC1(C(=O)O)CCN(C(=O)NC2CCC(OC)C2)C1. The highest BCUT2D eigenvalue weighted by Crippen LogP contribution is 2.35. The summed E-state index contributed by atoms with van der Waals surface area (Å²) < 4.78 is 5.30. The van der Waals surface area contributed by atoms with Crippen molar-refractivity contribution in [3.05, 3.63) is 0 Å². The number of carboxylic acids is 1. The van der Waals surface area contributed by atoms with E-state index in [2.05, 4.69) is 5.32 Å². The van der Waals surface area contributed by atoms with Crippen LogP contribution in [0, 0.1) is 5.41 Å². The summed E-state index contributed by atoms with van der Waals surface area (Å²) in [5.41, 5.74) is -0.753. The summed E-state index contributed by atoms with van der Waals surface area (Å²) in [6, 6.07) is 0.0180. The summed E-state index contributed by atoms with van der Waals surface area (Å²) in [7, 11) is 1.70. The second kappa shape index (κ2) is 6.64. The van der Waals surface area contributed by atoms with Crippen LogP contribution in [0.25, 0.3) is 0 Å². The predicted molar refractivity (Wildman–Crippen MR) is 78.1 cm³/mol. The lowest BCUT2D eigenvalue weighted by molar-refractivity contribution is -0.148. The first-order chi connectivity index (χ1) is 10.0. The lowest BCUT2D eigenvalue weighted by Gasteiger charge is -2.25. The molecule has 0 radical (unpaired) electrons. The van der Waals surface area contributed by atoms with Crippen LogP contribution >= 0.6 is 0 Å². The normalized spacial score (nSPS) is 32.4. The first kappa shape index (κ1) is 16.1. The molecule has 2 aliphatic rings. The number of carbonyl (C=O) groups is 2. The Morgan fingerprint density at radius 3 is 2.76 bits per heavy atom. The smallest absolute Gasteiger partial charge is 0.317 e. The van der Waals surface area contributed by atoms with Crippen molar-refractivity contribution in [1.29, 1.82) is 0 Å². The zero-order valence-corrected chi connectivity index (χ0v) is 12.9. The maximum absolute atomic E-state index is 12.3. The van der Waals surface area contributed by atoms with Gasteiger partial charge in [0, 0.05) is 26.2 Å². The molecule has 3 atom stereocenters. The molecule has 0 aromatic rings. The van der Waals surface area contributed by atoms with E-state index >= 15 is 0 Å². The van der Waals surface area contributed by atoms with Crippen molar-refractivity contribution in [1.82, 2.24) is 10.2 Å². The van der Waals surface area contributed by atoms with Crippen molar-refractivity contribution in [3.8, 4) is 0 Å². The third kappa shape index (κ3) is 3.48. The second-order valence-electron chi connectivity index (χ2n) is 6.32. The topological polar surface area (TPSA) is 78.9 Å². The number of rotatable bonds is 5. The van der Waals surface area contributed by atoms with E-state index in [9.17, 15) is 14.7 Å². The number of carboxylic acid groups (broad SMARTS) is 1. The molecule has 1 saturated heterocycles. The molecule has 2 fully saturated rings. The molecule has 6 nitrogen and oxygen atoms in total. The van der Waals surface area contributed by atoms with Gasteiger partial charge in [0.2, 0.25) is 0 Å². The van der Waals surface area contributed by atoms with Crippen molar-refractivity contribution >= 4 is 12.0 Å². The fourth-order valence-electron chi connectivity index (χ4n) is 3.56. The fraction of sp³-hybridized carbons (Fsp3) is 0.867. The van der Waals surface area contributed by atoms with E-state index in [4.69, 9.17) is 4.74 Å². The highest BCUT2D eigenvalue weighted by molar-refractivity contribution is 5.80. The van der Waals surface area contributed by atoms with Gasteiger partial charge >= 0.3 is 12.0 Å². The number of nitrogens with one attached hydrogen (secondary N) is 1. The van der Waals surface area contributed by atoms with E-state index in [0.29, 0.717) is 25.9 Å². The van der Waals surface area contributed by atoms with Crippen LogP contribution in [0.15, 0.2) is 0 Å². The first-order valence-electron chi connectivity index (χ1n) is 7.82. The quantitative estimate of drug-likeness (QED) is 0.811. The molecule has 2 amide bonds. The number of hydrogen-bond donors (Lipinski definition) is 2. The van der Waals surface area contributed by atoms with E-state index in [0.717, 1.165) is 25.7 Å². The monoisotopic (exact) mass is 298 g/mol. The van der Waals surface area contributed by atoms with E-state index in [-0.39, 0.29) is 18.2 Å². The van der Waals surface area contributed by atoms with Gasteiger partial charge in [-0.1, -0.05) is 13.3 Å². The van der Waals surface area contributed by atoms with E-state index in [1.807, 2.05) is 6.92 Å². The molecule has 120 valence electrons. The average molecular weight is 298 g/mol.